The van der Waals surface area contributed by atoms with Gasteiger partial charge in [0.2, 0.25) is 0 Å². The van der Waals surface area contributed by atoms with Crippen LogP contribution in [-0.2, 0) is 19.9 Å². The zero-order chi connectivity index (χ0) is 19.4. The van der Waals surface area contributed by atoms with E-state index in [1.165, 1.54) is 0 Å². The number of pyridine rings is 1. The van der Waals surface area contributed by atoms with E-state index < -0.39 is 0 Å². The molecule has 1 heterocycles. The molecule has 1 amide bonds. The van der Waals surface area contributed by atoms with E-state index in [-0.39, 0.29) is 23.1 Å². The van der Waals surface area contributed by atoms with Crippen LogP contribution in [0.4, 0.5) is 0 Å². The van der Waals surface area contributed by atoms with Gasteiger partial charge < -0.3 is 14.2 Å². The molecule has 5 nitrogen and oxygen atoms in total. The zero-order valence-electron chi connectivity index (χ0n) is 16.5. The molecule has 0 radical (unpaired) electrons. The summed E-state index contributed by atoms with van der Waals surface area (Å²) in [6.07, 6.45) is 1.41. The van der Waals surface area contributed by atoms with Crippen molar-refractivity contribution in [2.24, 2.45) is 7.05 Å². The number of benzene rings is 1. The Balaban J connectivity index is 2.28. The molecule has 2 aromatic rings. The second-order valence-corrected chi connectivity index (χ2v) is 6.69. The molecule has 0 bridgehead atoms. The van der Waals surface area contributed by atoms with Crippen LogP contribution in [0.15, 0.2) is 35.1 Å². The van der Waals surface area contributed by atoms with Crippen molar-refractivity contribution in [1.82, 2.24) is 9.47 Å². The van der Waals surface area contributed by atoms with Gasteiger partial charge in [-0.3, -0.25) is 9.59 Å². The highest BCUT2D eigenvalue weighted by atomic mass is 16.5. The second kappa shape index (κ2) is 8.21. The van der Waals surface area contributed by atoms with Crippen LogP contribution >= 0.6 is 0 Å². The number of nitrogens with zero attached hydrogens (tertiary/aromatic N) is 2. The number of ether oxygens (including phenoxy) is 1. The highest BCUT2D eigenvalue weighted by Gasteiger charge is 2.23. The third-order valence-electron chi connectivity index (χ3n) is 5.01. The van der Waals surface area contributed by atoms with Crippen molar-refractivity contribution in [2.75, 3.05) is 14.2 Å². The van der Waals surface area contributed by atoms with Gasteiger partial charge in [0.05, 0.1) is 7.11 Å². The van der Waals surface area contributed by atoms with Gasteiger partial charge in [0.15, 0.2) is 0 Å². The fourth-order valence-corrected chi connectivity index (χ4v) is 3.32. The van der Waals surface area contributed by atoms with E-state index in [1.807, 2.05) is 45.0 Å². The largest absolute Gasteiger partial charge is 0.496 e. The van der Waals surface area contributed by atoms with Crippen molar-refractivity contribution in [1.29, 1.82) is 0 Å². The van der Waals surface area contributed by atoms with Crippen LogP contribution in [0.3, 0.4) is 0 Å². The van der Waals surface area contributed by atoms with Crippen molar-refractivity contribution >= 4 is 5.91 Å². The van der Waals surface area contributed by atoms with E-state index >= 15 is 0 Å². The van der Waals surface area contributed by atoms with E-state index in [4.69, 9.17) is 4.74 Å². The van der Waals surface area contributed by atoms with E-state index in [0.717, 1.165) is 29.0 Å². The Morgan fingerprint density at radius 1 is 1.31 bits per heavy atom. The molecule has 0 aliphatic carbocycles. The number of rotatable bonds is 6. The number of carbonyl (C=O) groups excluding carboxylic acids is 1. The summed E-state index contributed by atoms with van der Waals surface area (Å²) in [5.74, 6) is 0.554. The molecular formula is C21H28N2O3. The van der Waals surface area contributed by atoms with Crippen molar-refractivity contribution in [3.8, 4) is 5.75 Å². The number of aromatic nitrogens is 1. The van der Waals surface area contributed by atoms with Gasteiger partial charge in [-0.25, -0.2) is 0 Å². The number of para-hydroxylation sites is 1. The fourth-order valence-electron chi connectivity index (χ4n) is 3.32. The average molecular weight is 356 g/mol. The summed E-state index contributed by atoms with van der Waals surface area (Å²) in [6, 6.07) is 9.42. The smallest absolute Gasteiger partial charge is 0.263 e. The standard InChI is InChI=1S/C21H28N2O3/c1-7-18-14(2)12-17(21(25)23(18)5)20(24)22(4)15(3)13-16-10-8-9-11-19(16)26-6/h8-12,15H,7,13H2,1-6H3. The molecule has 1 aromatic heterocycles. The quantitative estimate of drug-likeness (QED) is 0.800. The fraction of sp³-hybridized carbons (Fsp3) is 0.429. The number of amides is 1. The third-order valence-corrected chi connectivity index (χ3v) is 5.01. The van der Waals surface area contributed by atoms with Crippen LogP contribution in [0.25, 0.3) is 0 Å². The van der Waals surface area contributed by atoms with Crippen LogP contribution in [-0.4, -0.2) is 35.6 Å². The average Bonchev–Trinajstić information content (AvgIpc) is 2.64. The zero-order valence-corrected chi connectivity index (χ0v) is 16.5. The Hall–Kier alpha value is -2.56. The molecule has 0 N–H and O–H groups in total. The summed E-state index contributed by atoms with van der Waals surface area (Å²) >= 11 is 0. The van der Waals surface area contributed by atoms with Gasteiger partial charge >= 0.3 is 0 Å². The third kappa shape index (κ3) is 3.82. The summed E-state index contributed by atoms with van der Waals surface area (Å²) in [5.41, 5.74) is 2.93. The minimum atomic E-state index is -0.251. The van der Waals surface area contributed by atoms with Crippen LogP contribution in [0, 0.1) is 6.92 Å². The van der Waals surface area contributed by atoms with Gasteiger partial charge in [0, 0.05) is 25.8 Å². The van der Waals surface area contributed by atoms with Gasteiger partial charge in [-0.1, -0.05) is 25.1 Å². The van der Waals surface area contributed by atoms with E-state index in [2.05, 4.69) is 0 Å². The molecular weight excluding hydrogens is 328 g/mol. The highest BCUT2D eigenvalue weighted by molar-refractivity contribution is 5.94. The molecule has 140 valence electrons. The monoisotopic (exact) mass is 356 g/mol. The highest BCUT2D eigenvalue weighted by Crippen LogP contribution is 2.21. The predicted molar refractivity (Wildman–Crippen MR) is 104 cm³/mol. The molecule has 1 aromatic carbocycles. The SMILES string of the molecule is CCc1c(C)cc(C(=O)N(C)C(C)Cc2ccccc2OC)c(=O)n1C. The summed E-state index contributed by atoms with van der Waals surface area (Å²) in [6.45, 7) is 5.92. The van der Waals surface area contributed by atoms with Crippen LogP contribution in [0.1, 0.15) is 41.0 Å². The molecule has 0 spiro atoms. The van der Waals surface area contributed by atoms with Gasteiger partial charge in [-0.15, -0.1) is 0 Å². The first-order valence-electron chi connectivity index (χ1n) is 8.90. The molecule has 1 atom stereocenters. The number of hydrogen-bond acceptors (Lipinski definition) is 3. The van der Waals surface area contributed by atoms with E-state index in [1.54, 1.807) is 36.7 Å². The first kappa shape index (κ1) is 19.8. The van der Waals surface area contributed by atoms with Crippen LogP contribution in [0.2, 0.25) is 0 Å². The number of methoxy groups -OCH3 is 1. The molecule has 2 rings (SSSR count). The molecule has 0 fully saturated rings. The van der Waals surface area contributed by atoms with Crippen LogP contribution in [0.5, 0.6) is 5.75 Å². The number of carbonyl (C=O) groups is 1. The molecule has 0 saturated carbocycles. The van der Waals surface area contributed by atoms with Gasteiger partial charge in [0.1, 0.15) is 11.3 Å². The second-order valence-electron chi connectivity index (χ2n) is 6.69. The summed E-state index contributed by atoms with van der Waals surface area (Å²) in [5, 5.41) is 0. The lowest BCUT2D eigenvalue weighted by Crippen LogP contribution is -2.40. The topological polar surface area (TPSA) is 51.5 Å². The summed E-state index contributed by atoms with van der Waals surface area (Å²) in [4.78, 5) is 27.2. The molecule has 1 unspecified atom stereocenters. The Labute approximate surface area is 155 Å². The van der Waals surface area contributed by atoms with Crippen LogP contribution < -0.4 is 10.3 Å². The van der Waals surface area contributed by atoms with Crippen molar-refractivity contribution < 1.29 is 9.53 Å². The first-order valence-corrected chi connectivity index (χ1v) is 8.90. The molecule has 0 aliphatic rings. The van der Waals surface area contributed by atoms with Gasteiger partial charge in [0.25, 0.3) is 11.5 Å². The summed E-state index contributed by atoms with van der Waals surface area (Å²) < 4.78 is 6.98. The van der Waals surface area contributed by atoms with E-state index in [9.17, 15) is 9.59 Å². The van der Waals surface area contributed by atoms with Crippen molar-refractivity contribution in [3.63, 3.8) is 0 Å². The molecule has 5 heteroatoms. The van der Waals surface area contributed by atoms with Crippen molar-refractivity contribution in [3.05, 3.63) is 63.1 Å². The number of likely N-dealkylation sites (N-methyl/N-ethyl adjacent to an activating group) is 1. The Morgan fingerprint density at radius 3 is 2.58 bits per heavy atom. The van der Waals surface area contributed by atoms with Gasteiger partial charge in [-0.05, 0) is 49.9 Å². The maximum atomic E-state index is 12.9. The Kier molecular flexibility index (Phi) is 6.24. The molecule has 26 heavy (non-hydrogen) atoms. The molecule has 0 aliphatic heterocycles. The van der Waals surface area contributed by atoms with Gasteiger partial charge in [-0.2, -0.15) is 0 Å². The lowest BCUT2D eigenvalue weighted by Gasteiger charge is -2.26. The lowest BCUT2D eigenvalue weighted by atomic mass is 10.0. The number of hydrogen-bond donors (Lipinski definition) is 0. The minimum absolute atomic E-state index is 0.0744. The molecule has 0 saturated heterocycles. The Morgan fingerprint density at radius 2 is 1.96 bits per heavy atom. The first-order chi connectivity index (χ1) is 12.3. The maximum Gasteiger partial charge on any atom is 0.263 e. The lowest BCUT2D eigenvalue weighted by molar-refractivity contribution is 0.0740. The maximum absolute atomic E-state index is 12.9. The van der Waals surface area contributed by atoms with E-state index in [0.29, 0.717) is 6.42 Å². The van der Waals surface area contributed by atoms with Crippen molar-refractivity contribution in [2.45, 2.75) is 39.7 Å². The Bertz CT molecular complexity index is 855. The normalized spacial score (nSPS) is 11.9. The predicted octanol–water partition coefficient (Wildman–Crippen LogP) is 2.97. The summed E-state index contributed by atoms with van der Waals surface area (Å²) in [7, 11) is 5.11. The number of aryl methyl sites for hydroxylation is 1. The minimum Gasteiger partial charge on any atom is -0.496 e.